The summed E-state index contributed by atoms with van der Waals surface area (Å²) in [6, 6.07) is 19.4. The van der Waals surface area contributed by atoms with Gasteiger partial charge in [0.15, 0.2) is 0 Å². The van der Waals surface area contributed by atoms with Gasteiger partial charge in [0.25, 0.3) is 5.91 Å². The lowest BCUT2D eigenvalue weighted by Crippen LogP contribution is -2.17. The summed E-state index contributed by atoms with van der Waals surface area (Å²) in [6.07, 6.45) is 0.244. The number of anilines is 1. The summed E-state index contributed by atoms with van der Waals surface area (Å²) in [7, 11) is 0. The predicted octanol–water partition coefficient (Wildman–Crippen LogP) is 4.81. The monoisotopic (exact) mass is 396 g/mol. The molecule has 0 saturated heterocycles. The van der Waals surface area contributed by atoms with Crippen LogP contribution in [0.25, 0.3) is 10.4 Å². The predicted molar refractivity (Wildman–Crippen MR) is 113 cm³/mol. The molecule has 2 aromatic carbocycles. The van der Waals surface area contributed by atoms with Crippen molar-refractivity contribution in [2.24, 2.45) is 5.73 Å². The van der Waals surface area contributed by atoms with Gasteiger partial charge in [-0.3, -0.25) is 9.59 Å². The van der Waals surface area contributed by atoms with Crippen molar-refractivity contribution in [3.05, 3.63) is 71.8 Å². The molecule has 6 heteroatoms. The molecule has 1 heterocycles. The van der Waals surface area contributed by atoms with E-state index in [9.17, 15) is 9.59 Å². The van der Waals surface area contributed by atoms with Crippen LogP contribution in [0.3, 0.4) is 0 Å². The van der Waals surface area contributed by atoms with Crippen molar-refractivity contribution in [3.63, 3.8) is 0 Å². The van der Waals surface area contributed by atoms with Gasteiger partial charge < -0.3 is 11.1 Å². The summed E-state index contributed by atoms with van der Waals surface area (Å²) in [5.74, 6) is 0.289. The second kappa shape index (κ2) is 8.88. The zero-order chi connectivity index (χ0) is 19.2. The summed E-state index contributed by atoms with van der Waals surface area (Å²) in [5, 5.41) is 3.33. The van der Waals surface area contributed by atoms with Crippen molar-refractivity contribution in [3.8, 4) is 10.4 Å². The lowest BCUT2D eigenvalue weighted by Gasteiger charge is -2.06. The molecule has 138 valence electrons. The first kappa shape index (κ1) is 19.2. The zero-order valence-electron chi connectivity index (χ0n) is 14.9. The van der Waals surface area contributed by atoms with Crippen LogP contribution in [-0.4, -0.2) is 17.6 Å². The van der Waals surface area contributed by atoms with Gasteiger partial charge in [-0.2, -0.15) is 0 Å². The van der Waals surface area contributed by atoms with Crippen molar-refractivity contribution in [1.29, 1.82) is 0 Å². The lowest BCUT2D eigenvalue weighted by molar-refractivity contribution is -0.115. The number of amides is 2. The summed E-state index contributed by atoms with van der Waals surface area (Å²) in [6.45, 7) is 2.10. The largest absolute Gasteiger partial charge is 0.366 e. The van der Waals surface area contributed by atoms with E-state index in [2.05, 4.69) is 12.2 Å². The maximum absolute atomic E-state index is 12.5. The van der Waals surface area contributed by atoms with Gasteiger partial charge in [0.1, 0.15) is 5.00 Å². The fourth-order valence-electron chi connectivity index (χ4n) is 2.64. The van der Waals surface area contributed by atoms with Gasteiger partial charge in [-0.05, 0) is 35.1 Å². The minimum atomic E-state index is -0.551. The van der Waals surface area contributed by atoms with Crippen molar-refractivity contribution in [2.45, 2.75) is 18.2 Å². The van der Waals surface area contributed by atoms with E-state index in [1.807, 2.05) is 54.6 Å². The molecule has 0 unspecified atom stereocenters. The molecule has 3 rings (SSSR count). The SMILES string of the molecule is CCSc1ccc(CC(=O)Nc2sc(-c3ccccc3)cc2C(N)=O)cc1. The van der Waals surface area contributed by atoms with E-state index in [1.54, 1.807) is 17.8 Å². The fourth-order valence-corrected chi connectivity index (χ4v) is 4.38. The molecule has 0 fully saturated rings. The number of carbonyl (C=O) groups is 2. The average Bonchev–Trinajstić information content (AvgIpc) is 3.08. The molecule has 0 bridgehead atoms. The van der Waals surface area contributed by atoms with Gasteiger partial charge in [0, 0.05) is 9.77 Å². The Kier molecular flexibility index (Phi) is 6.32. The molecule has 0 atom stereocenters. The number of rotatable bonds is 7. The first-order chi connectivity index (χ1) is 13.1. The van der Waals surface area contributed by atoms with Crippen LogP contribution in [0, 0.1) is 0 Å². The molecule has 0 radical (unpaired) electrons. The number of thioether (sulfide) groups is 1. The number of hydrogen-bond donors (Lipinski definition) is 2. The van der Waals surface area contributed by atoms with Crippen molar-refractivity contribution in [2.75, 3.05) is 11.1 Å². The molecule has 27 heavy (non-hydrogen) atoms. The number of primary amides is 1. The quantitative estimate of drug-likeness (QED) is 0.563. The number of hydrogen-bond acceptors (Lipinski definition) is 4. The van der Waals surface area contributed by atoms with Gasteiger partial charge in [0.2, 0.25) is 5.91 Å². The Balaban J connectivity index is 1.75. The van der Waals surface area contributed by atoms with Gasteiger partial charge in [0.05, 0.1) is 12.0 Å². The van der Waals surface area contributed by atoms with Gasteiger partial charge in [-0.15, -0.1) is 23.1 Å². The van der Waals surface area contributed by atoms with Crippen LogP contribution in [0.4, 0.5) is 5.00 Å². The second-order valence-electron chi connectivity index (χ2n) is 5.89. The standard InChI is InChI=1S/C21H20N2O2S2/c1-2-26-16-10-8-14(9-11-16)12-19(24)23-21-17(20(22)25)13-18(27-21)15-6-4-3-5-7-15/h3-11,13H,2,12H2,1H3,(H2,22,25)(H,23,24). The highest BCUT2D eigenvalue weighted by atomic mass is 32.2. The first-order valence-corrected chi connectivity index (χ1v) is 10.4. The molecule has 0 saturated carbocycles. The Bertz CT molecular complexity index is 935. The number of carbonyl (C=O) groups excluding carboxylic acids is 2. The lowest BCUT2D eigenvalue weighted by atomic mass is 10.1. The van der Waals surface area contributed by atoms with Crippen LogP contribution >= 0.6 is 23.1 Å². The fraction of sp³-hybridized carbons (Fsp3) is 0.143. The van der Waals surface area contributed by atoms with Crippen LogP contribution in [0.1, 0.15) is 22.8 Å². The van der Waals surface area contributed by atoms with Crippen molar-refractivity contribution < 1.29 is 9.59 Å². The summed E-state index contributed by atoms with van der Waals surface area (Å²) >= 11 is 3.11. The van der Waals surface area contributed by atoms with E-state index in [0.717, 1.165) is 21.8 Å². The topological polar surface area (TPSA) is 72.2 Å². The summed E-state index contributed by atoms with van der Waals surface area (Å²) in [5.41, 5.74) is 7.73. The molecule has 0 aliphatic carbocycles. The van der Waals surface area contributed by atoms with Gasteiger partial charge >= 0.3 is 0 Å². The normalized spacial score (nSPS) is 10.6. The van der Waals surface area contributed by atoms with Gasteiger partial charge in [-0.1, -0.05) is 49.4 Å². The maximum Gasteiger partial charge on any atom is 0.251 e. The highest BCUT2D eigenvalue weighted by Gasteiger charge is 2.17. The van der Waals surface area contributed by atoms with Crippen LogP contribution in [0.2, 0.25) is 0 Å². The number of benzene rings is 2. The van der Waals surface area contributed by atoms with E-state index in [0.29, 0.717) is 10.6 Å². The average molecular weight is 397 g/mol. The number of thiophene rings is 1. The molecule has 0 spiro atoms. The Morgan fingerprint density at radius 1 is 1.07 bits per heavy atom. The first-order valence-electron chi connectivity index (χ1n) is 8.57. The van der Waals surface area contributed by atoms with E-state index in [1.165, 1.54) is 16.2 Å². The zero-order valence-corrected chi connectivity index (χ0v) is 16.5. The third kappa shape index (κ3) is 4.99. The molecule has 2 amide bonds. The highest BCUT2D eigenvalue weighted by molar-refractivity contribution is 7.99. The molecular weight excluding hydrogens is 376 g/mol. The molecule has 0 aliphatic rings. The van der Waals surface area contributed by atoms with Gasteiger partial charge in [-0.25, -0.2) is 0 Å². The Labute approximate surface area is 166 Å². The Hall–Kier alpha value is -2.57. The third-order valence-corrected chi connectivity index (χ3v) is 5.90. The van der Waals surface area contributed by atoms with Crippen LogP contribution in [0.15, 0.2) is 65.6 Å². The molecule has 4 nitrogen and oxygen atoms in total. The number of nitrogens with one attached hydrogen (secondary N) is 1. The Morgan fingerprint density at radius 2 is 1.78 bits per heavy atom. The van der Waals surface area contributed by atoms with Crippen LogP contribution in [0.5, 0.6) is 0 Å². The molecule has 3 aromatic rings. The van der Waals surface area contributed by atoms with E-state index in [4.69, 9.17) is 5.73 Å². The minimum absolute atomic E-state index is 0.171. The minimum Gasteiger partial charge on any atom is -0.366 e. The Morgan fingerprint density at radius 3 is 2.41 bits per heavy atom. The number of nitrogens with two attached hydrogens (primary N) is 1. The van der Waals surface area contributed by atoms with E-state index in [-0.39, 0.29) is 12.3 Å². The molecule has 3 N–H and O–H groups in total. The van der Waals surface area contributed by atoms with Crippen LogP contribution in [-0.2, 0) is 11.2 Å². The maximum atomic E-state index is 12.5. The smallest absolute Gasteiger partial charge is 0.251 e. The van der Waals surface area contributed by atoms with Crippen molar-refractivity contribution >= 4 is 39.9 Å². The second-order valence-corrected chi connectivity index (χ2v) is 8.28. The third-order valence-electron chi connectivity index (χ3n) is 3.91. The summed E-state index contributed by atoms with van der Waals surface area (Å²) in [4.78, 5) is 26.3. The molecule has 1 aromatic heterocycles. The molecular formula is C21H20N2O2S2. The van der Waals surface area contributed by atoms with Crippen molar-refractivity contribution in [1.82, 2.24) is 0 Å². The highest BCUT2D eigenvalue weighted by Crippen LogP contribution is 2.35. The van der Waals surface area contributed by atoms with Crippen LogP contribution < -0.4 is 11.1 Å². The van der Waals surface area contributed by atoms with E-state index < -0.39 is 5.91 Å². The molecule has 0 aliphatic heterocycles. The summed E-state index contributed by atoms with van der Waals surface area (Å²) < 4.78 is 0. The van der Waals surface area contributed by atoms with E-state index >= 15 is 0 Å².